The van der Waals surface area contributed by atoms with Gasteiger partial charge in [0.2, 0.25) is 0 Å². The van der Waals surface area contributed by atoms with Crippen LogP contribution in [0.5, 0.6) is 0 Å². The first-order chi connectivity index (χ1) is 8.79. The van der Waals surface area contributed by atoms with E-state index in [1.165, 1.54) is 11.1 Å². The molecule has 0 nitrogen and oxygen atoms in total. The number of rotatable bonds is 5. The van der Waals surface area contributed by atoms with Gasteiger partial charge in [-0.1, -0.05) is 60.1 Å². The zero-order chi connectivity index (χ0) is 12.8. The molecule has 1 unspecified atom stereocenters. The average Bonchev–Trinajstić information content (AvgIpc) is 2.41. The molecule has 94 valence electrons. The highest BCUT2D eigenvalue weighted by molar-refractivity contribution is 6.31. The van der Waals surface area contributed by atoms with Gasteiger partial charge in [-0.05, 0) is 36.0 Å². The molecule has 2 aromatic rings. The quantitative estimate of drug-likeness (QED) is 0.677. The van der Waals surface area contributed by atoms with Gasteiger partial charge in [0.15, 0.2) is 0 Å². The maximum Gasteiger partial charge on any atom is 0.0438 e. The molecule has 0 fully saturated rings. The Morgan fingerprint density at radius 1 is 0.833 bits per heavy atom. The van der Waals surface area contributed by atoms with E-state index in [9.17, 15) is 0 Å². The van der Waals surface area contributed by atoms with E-state index >= 15 is 0 Å². The number of halogens is 2. The Morgan fingerprint density at radius 2 is 1.50 bits per heavy atom. The first-order valence-corrected chi connectivity index (χ1v) is 7.04. The SMILES string of the molecule is ClCC(Cc1ccccc1)Cc1ccccc1Cl. The van der Waals surface area contributed by atoms with E-state index in [2.05, 4.69) is 30.3 Å². The standard InChI is InChI=1S/C16H16Cl2/c17-12-14(10-13-6-2-1-3-7-13)11-15-8-4-5-9-16(15)18/h1-9,14H,10-12H2. The number of benzene rings is 2. The Bertz CT molecular complexity index is 479. The van der Waals surface area contributed by atoms with E-state index in [1.54, 1.807) is 0 Å². The van der Waals surface area contributed by atoms with Gasteiger partial charge >= 0.3 is 0 Å². The predicted molar refractivity (Wildman–Crippen MR) is 79.5 cm³/mol. The average molecular weight is 279 g/mol. The van der Waals surface area contributed by atoms with Crippen LogP contribution in [0.15, 0.2) is 54.6 Å². The summed E-state index contributed by atoms with van der Waals surface area (Å²) < 4.78 is 0. The van der Waals surface area contributed by atoms with Crippen LogP contribution in [0, 0.1) is 5.92 Å². The van der Waals surface area contributed by atoms with Crippen LogP contribution in [-0.4, -0.2) is 5.88 Å². The molecule has 2 aromatic carbocycles. The smallest absolute Gasteiger partial charge is 0.0438 e. The summed E-state index contributed by atoms with van der Waals surface area (Å²) in [5.74, 6) is 1.08. The summed E-state index contributed by atoms with van der Waals surface area (Å²) in [6, 6.07) is 18.4. The highest BCUT2D eigenvalue weighted by Gasteiger charge is 2.11. The minimum Gasteiger partial charge on any atom is -0.126 e. The molecule has 2 heteroatoms. The van der Waals surface area contributed by atoms with Crippen LogP contribution in [0.1, 0.15) is 11.1 Å². The fourth-order valence-electron chi connectivity index (χ4n) is 2.10. The van der Waals surface area contributed by atoms with Crippen molar-refractivity contribution in [2.45, 2.75) is 12.8 Å². The lowest BCUT2D eigenvalue weighted by Crippen LogP contribution is -2.10. The van der Waals surface area contributed by atoms with E-state index in [1.807, 2.05) is 24.3 Å². The molecule has 0 saturated carbocycles. The normalized spacial score (nSPS) is 12.3. The molecule has 0 aliphatic rings. The molecular weight excluding hydrogens is 263 g/mol. The van der Waals surface area contributed by atoms with Crippen molar-refractivity contribution in [2.24, 2.45) is 5.92 Å². The molecule has 0 spiro atoms. The molecule has 0 saturated heterocycles. The second-order valence-electron chi connectivity index (χ2n) is 4.51. The van der Waals surface area contributed by atoms with Crippen molar-refractivity contribution in [1.29, 1.82) is 0 Å². The van der Waals surface area contributed by atoms with Crippen LogP contribution in [-0.2, 0) is 12.8 Å². The molecule has 0 N–H and O–H groups in total. The first kappa shape index (κ1) is 13.5. The van der Waals surface area contributed by atoms with Crippen molar-refractivity contribution in [2.75, 3.05) is 5.88 Å². The van der Waals surface area contributed by atoms with Gasteiger partial charge in [0.1, 0.15) is 0 Å². The molecule has 0 radical (unpaired) electrons. The Balaban J connectivity index is 2.04. The summed E-state index contributed by atoms with van der Waals surface area (Å²) >= 11 is 12.3. The highest BCUT2D eigenvalue weighted by atomic mass is 35.5. The molecule has 0 amide bonds. The van der Waals surface area contributed by atoms with Gasteiger partial charge in [0.05, 0.1) is 0 Å². The molecule has 0 aliphatic carbocycles. The lowest BCUT2D eigenvalue weighted by Gasteiger charge is -2.15. The minimum absolute atomic E-state index is 0.425. The Morgan fingerprint density at radius 3 is 2.17 bits per heavy atom. The zero-order valence-corrected chi connectivity index (χ0v) is 11.7. The number of hydrogen-bond donors (Lipinski definition) is 0. The second kappa shape index (κ2) is 6.82. The van der Waals surface area contributed by atoms with E-state index in [-0.39, 0.29) is 0 Å². The summed E-state index contributed by atoms with van der Waals surface area (Å²) in [4.78, 5) is 0. The Kier molecular flexibility index (Phi) is 5.10. The van der Waals surface area contributed by atoms with Crippen LogP contribution >= 0.6 is 23.2 Å². The van der Waals surface area contributed by atoms with Crippen molar-refractivity contribution in [3.8, 4) is 0 Å². The first-order valence-electron chi connectivity index (χ1n) is 6.13. The predicted octanol–water partition coefficient (Wildman–Crippen LogP) is 4.98. The second-order valence-corrected chi connectivity index (χ2v) is 5.22. The third-order valence-electron chi connectivity index (χ3n) is 3.05. The third-order valence-corrected chi connectivity index (χ3v) is 3.86. The van der Waals surface area contributed by atoms with E-state index in [0.717, 1.165) is 17.9 Å². The van der Waals surface area contributed by atoms with E-state index < -0.39 is 0 Å². The van der Waals surface area contributed by atoms with Crippen molar-refractivity contribution in [3.63, 3.8) is 0 Å². The minimum atomic E-state index is 0.425. The molecule has 18 heavy (non-hydrogen) atoms. The van der Waals surface area contributed by atoms with Crippen LogP contribution in [0.25, 0.3) is 0 Å². The lowest BCUT2D eigenvalue weighted by atomic mass is 9.94. The Labute approximate surface area is 119 Å². The maximum atomic E-state index is 6.19. The van der Waals surface area contributed by atoms with Gasteiger partial charge in [-0.3, -0.25) is 0 Å². The topological polar surface area (TPSA) is 0 Å². The highest BCUT2D eigenvalue weighted by Crippen LogP contribution is 2.21. The summed E-state index contributed by atoms with van der Waals surface area (Å²) in [5.41, 5.74) is 2.51. The third kappa shape index (κ3) is 3.76. The van der Waals surface area contributed by atoms with Gasteiger partial charge in [-0.2, -0.15) is 0 Å². The molecule has 0 aliphatic heterocycles. The lowest BCUT2D eigenvalue weighted by molar-refractivity contribution is 0.584. The van der Waals surface area contributed by atoms with Crippen molar-refractivity contribution in [1.82, 2.24) is 0 Å². The molecular formula is C16H16Cl2. The maximum absolute atomic E-state index is 6.19. The molecule has 1 atom stereocenters. The fraction of sp³-hybridized carbons (Fsp3) is 0.250. The van der Waals surface area contributed by atoms with Crippen LogP contribution in [0.3, 0.4) is 0 Å². The van der Waals surface area contributed by atoms with Gasteiger partial charge in [-0.15, -0.1) is 11.6 Å². The zero-order valence-electron chi connectivity index (χ0n) is 10.2. The van der Waals surface area contributed by atoms with Gasteiger partial charge in [0, 0.05) is 10.9 Å². The number of hydrogen-bond acceptors (Lipinski definition) is 0. The van der Waals surface area contributed by atoms with E-state index in [0.29, 0.717) is 11.8 Å². The van der Waals surface area contributed by atoms with Crippen molar-refractivity contribution in [3.05, 3.63) is 70.7 Å². The number of alkyl halides is 1. The summed E-state index contributed by atoms with van der Waals surface area (Å²) in [7, 11) is 0. The van der Waals surface area contributed by atoms with Crippen LogP contribution < -0.4 is 0 Å². The van der Waals surface area contributed by atoms with Crippen molar-refractivity contribution >= 4 is 23.2 Å². The molecule has 2 rings (SSSR count). The monoisotopic (exact) mass is 278 g/mol. The van der Waals surface area contributed by atoms with Gasteiger partial charge in [-0.25, -0.2) is 0 Å². The largest absolute Gasteiger partial charge is 0.126 e. The molecule has 0 bridgehead atoms. The fourth-order valence-corrected chi connectivity index (χ4v) is 2.53. The molecule has 0 heterocycles. The van der Waals surface area contributed by atoms with Crippen LogP contribution in [0.2, 0.25) is 5.02 Å². The van der Waals surface area contributed by atoms with Gasteiger partial charge in [0.25, 0.3) is 0 Å². The molecule has 0 aromatic heterocycles. The summed E-state index contributed by atoms with van der Waals surface area (Å²) in [6.45, 7) is 0. The van der Waals surface area contributed by atoms with E-state index in [4.69, 9.17) is 23.2 Å². The van der Waals surface area contributed by atoms with Crippen LogP contribution in [0.4, 0.5) is 0 Å². The van der Waals surface area contributed by atoms with Crippen molar-refractivity contribution < 1.29 is 0 Å². The summed E-state index contributed by atoms with van der Waals surface area (Å²) in [6.07, 6.45) is 1.92. The Hall–Kier alpha value is -0.980. The summed E-state index contributed by atoms with van der Waals surface area (Å²) in [5, 5.41) is 0.834. The van der Waals surface area contributed by atoms with Gasteiger partial charge < -0.3 is 0 Å².